The van der Waals surface area contributed by atoms with Gasteiger partial charge in [-0.05, 0) is 38.8 Å². The third-order valence-electron chi connectivity index (χ3n) is 3.79. The second kappa shape index (κ2) is 6.79. The maximum atomic E-state index is 12.2. The highest BCUT2D eigenvalue weighted by molar-refractivity contribution is 6.43. The third kappa shape index (κ3) is 3.66. The normalized spacial score (nSPS) is 17.4. The van der Waals surface area contributed by atoms with Crippen LogP contribution in [0.15, 0.2) is 18.2 Å². The predicted octanol–water partition coefficient (Wildman–Crippen LogP) is 3.60. The molecule has 0 atom stereocenters. The van der Waals surface area contributed by atoms with Gasteiger partial charge in [0, 0.05) is 25.2 Å². The molecule has 0 radical (unpaired) electrons. The fourth-order valence-electron chi connectivity index (χ4n) is 2.50. The van der Waals surface area contributed by atoms with Gasteiger partial charge in [-0.2, -0.15) is 0 Å². The molecule has 1 aromatic carbocycles. The monoisotopic (exact) mass is 314 g/mol. The van der Waals surface area contributed by atoms with E-state index in [2.05, 4.69) is 24.1 Å². The topological polar surface area (TPSA) is 32.3 Å². The Morgan fingerprint density at radius 3 is 2.55 bits per heavy atom. The van der Waals surface area contributed by atoms with Crippen LogP contribution < -0.4 is 5.32 Å². The molecule has 1 N–H and O–H groups in total. The third-order valence-corrected chi connectivity index (χ3v) is 4.61. The highest BCUT2D eigenvalue weighted by Crippen LogP contribution is 2.25. The second-order valence-corrected chi connectivity index (χ2v) is 6.26. The van der Waals surface area contributed by atoms with Gasteiger partial charge in [-0.1, -0.05) is 29.3 Å². The summed E-state index contributed by atoms with van der Waals surface area (Å²) >= 11 is 12.0. The molecule has 1 saturated heterocycles. The summed E-state index contributed by atoms with van der Waals surface area (Å²) in [5, 5.41) is 3.79. The first kappa shape index (κ1) is 15.6. The molecule has 1 aromatic rings. The molecule has 1 fully saturated rings. The summed E-state index contributed by atoms with van der Waals surface area (Å²) in [5.41, 5.74) is 0.449. The van der Waals surface area contributed by atoms with E-state index < -0.39 is 0 Å². The van der Waals surface area contributed by atoms with Crippen molar-refractivity contribution in [2.45, 2.75) is 38.8 Å². The minimum Gasteiger partial charge on any atom is -0.349 e. The van der Waals surface area contributed by atoms with E-state index in [1.807, 2.05) is 0 Å². The number of rotatable bonds is 3. The number of carbonyl (C=O) groups is 1. The Balaban J connectivity index is 1.94. The second-order valence-electron chi connectivity index (χ2n) is 5.48. The van der Waals surface area contributed by atoms with Gasteiger partial charge in [0.25, 0.3) is 5.91 Å². The van der Waals surface area contributed by atoms with Crippen LogP contribution in [0.3, 0.4) is 0 Å². The van der Waals surface area contributed by atoms with Crippen molar-refractivity contribution in [3.63, 3.8) is 0 Å². The first-order valence-electron chi connectivity index (χ1n) is 6.98. The first-order valence-corrected chi connectivity index (χ1v) is 7.73. The largest absolute Gasteiger partial charge is 0.349 e. The molecule has 1 aliphatic heterocycles. The fraction of sp³-hybridized carbons (Fsp3) is 0.533. The van der Waals surface area contributed by atoms with Crippen LogP contribution in [0.4, 0.5) is 0 Å². The summed E-state index contributed by atoms with van der Waals surface area (Å²) < 4.78 is 0. The number of piperidine rings is 1. The molecule has 20 heavy (non-hydrogen) atoms. The highest BCUT2D eigenvalue weighted by atomic mass is 35.5. The van der Waals surface area contributed by atoms with Gasteiger partial charge in [-0.25, -0.2) is 0 Å². The predicted molar refractivity (Wildman–Crippen MR) is 83.7 cm³/mol. The van der Waals surface area contributed by atoms with E-state index in [-0.39, 0.29) is 11.9 Å². The lowest BCUT2D eigenvalue weighted by atomic mass is 10.0. The quantitative estimate of drug-likeness (QED) is 0.924. The molecule has 0 bridgehead atoms. The molecule has 0 spiro atoms. The Hall–Kier alpha value is -0.770. The molecule has 5 heteroatoms. The van der Waals surface area contributed by atoms with E-state index in [1.54, 1.807) is 18.2 Å². The van der Waals surface area contributed by atoms with Crippen LogP contribution in [-0.2, 0) is 0 Å². The van der Waals surface area contributed by atoms with Crippen molar-refractivity contribution in [1.29, 1.82) is 0 Å². The van der Waals surface area contributed by atoms with Gasteiger partial charge < -0.3 is 10.2 Å². The van der Waals surface area contributed by atoms with Gasteiger partial charge in [0.15, 0.2) is 0 Å². The molecule has 2 rings (SSSR count). The number of carbonyl (C=O) groups excluding carboxylic acids is 1. The molecule has 3 nitrogen and oxygen atoms in total. The number of amides is 1. The lowest BCUT2D eigenvalue weighted by Gasteiger charge is -2.34. The average Bonchev–Trinajstić information content (AvgIpc) is 2.42. The molecule has 1 aliphatic rings. The number of halogens is 2. The summed E-state index contributed by atoms with van der Waals surface area (Å²) in [5.74, 6) is -0.138. The summed E-state index contributed by atoms with van der Waals surface area (Å²) in [6.45, 7) is 6.44. The van der Waals surface area contributed by atoms with Gasteiger partial charge in [0.05, 0.1) is 15.6 Å². The zero-order valence-electron chi connectivity index (χ0n) is 11.8. The number of nitrogens with one attached hydrogen (secondary N) is 1. The van der Waals surface area contributed by atoms with E-state index >= 15 is 0 Å². The van der Waals surface area contributed by atoms with E-state index in [0.29, 0.717) is 21.7 Å². The minimum absolute atomic E-state index is 0.138. The molecule has 0 aromatic heterocycles. The maximum Gasteiger partial charge on any atom is 0.253 e. The van der Waals surface area contributed by atoms with Crippen LogP contribution in [-0.4, -0.2) is 36.0 Å². The SMILES string of the molecule is CC(C)N1CCC(NC(=O)c2cccc(Cl)c2Cl)CC1. The Morgan fingerprint density at radius 1 is 1.30 bits per heavy atom. The van der Waals surface area contributed by atoms with Crippen molar-refractivity contribution in [3.8, 4) is 0 Å². The van der Waals surface area contributed by atoms with E-state index in [9.17, 15) is 4.79 Å². The number of likely N-dealkylation sites (tertiary alicyclic amines) is 1. The van der Waals surface area contributed by atoms with Crippen LogP contribution in [0, 0.1) is 0 Å². The van der Waals surface area contributed by atoms with Crippen molar-refractivity contribution in [2.75, 3.05) is 13.1 Å². The van der Waals surface area contributed by atoms with Gasteiger partial charge in [-0.3, -0.25) is 4.79 Å². The summed E-state index contributed by atoms with van der Waals surface area (Å²) in [6, 6.07) is 5.90. The van der Waals surface area contributed by atoms with E-state index in [4.69, 9.17) is 23.2 Å². The van der Waals surface area contributed by atoms with Crippen LogP contribution in [0.1, 0.15) is 37.0 Å². The van der Waals surface area contributed by atoms with Gasteiger partial charge in [0.1, 0.15) is 0 Å². The molecule has 0 saturated carbocycles. The Kier molecular flexibility index (Phi) is 5.30. The molecular weight excluding hydrogens is 295 g/mol. The van der Waals surface area contributed by atoms with Crippen molar-refractivity contribution < 1.29 is 4.79 Å². The molecule has 1 amide bonds. The molecule has 0 unspecified atom stereocenters. The highest BCUT2D eigenvalue weighted by Gasteiger charge is 2.23. The smallest absolute Gasteiger partial charge is 0.253 e. The van der Waals surface area contributed by atoms with Gasteiger partial charge >= 0.3 is 0 Å². The van der Waals surface area contributed by atoms with Crippen molar-refractivity contribution in [3.05, 3.63) is 33.8 Å². The van der Waals surface area contributed by atoms with Crippen molar-refractivity contribution >= 4 is 29.1 Å². The standard InChI is InChI=1S/C15H20Cl2N2O/c1-10(2)19-8-6-11(7-9-19)18-15(20)12-4-3-5-13(16)14(12)17/h3-5,10-11H,6-9H2,1-2H3,(H,18,20). The zero-order valence-corrected chi connectivity index (χ0v) is 13.3. The Labute approximate surface area is 130 Å². The average molecular weight is 315 g/mol. The summed E-state index contributed by atoms with van der Waals surface area (Å²) in [6.07, 6.45) is 1.95. The maximum absolute atomic E-state index is 12.2. The summed E-state index contributed by atoms with van der Waals surface area (Å²) in [4.78, 5) is 14.7. The zero-order chi connectivity index (χ0) is 14.7. The fourth-order valence-corrected chi connectivity index (χ4v) is 2.89. The van der Waals surface area contributed by atoms with E-state index in [0.717, 1.165) is 25.9 Å². The van der Waals surface area contributed by atoms with Crippen molar-refractivity contribution in [2.24, 2.45) is 0 Å². The first-order chi connectivity index (χ1) is 9.49. The van der Waals surface area contributed by atoms with Crippen molar-refractivity contribution in [1.82, 2.24) is 10.2 Å². The number of nitrogens with zero attached hydrogens (tertiary/aromatic N) is 1. The van der Waals surface area contributed by atoms with Crippen LogP contribution in [0.2, 0.25) is 10.0 Å². The number of hydrogen-bond donors (Lipinski definition) is 1. The Bertz CT molecular complexity index is 483. The number of hydrogen-bond acceptors (Lipinski definition) is 2. The molecule has 1 heterocycles. The number of benzene rings is 1. The lowest BCUT2D eigenvalue weighted by Crippen LogP contribution is -2.46. The lowest BCUT2D eigenvalue weighted by molar-refractivity contribution is 0.0901. The van der Waals surface area contributed by atoms with Crippen LogP contribution >= 0.6 is 23.2 Å². The molecule has 0 aliphatic carbocycles. The van der Waals surface area contributed by atoms with Crippen LogP contribution in [0.25, 0.3) is 0 Å². The minimum atomic E-state index is -0.138. The summed E-state index contributed by atoms with van der Waals surface area (Å²) in [7, 11) is 0. The van der Waals surface area contributed by atoms with Gasteiger partial charge in [-0.15, -0.1) is 0 Å². The molecular formula is C15H20Cl2N2O. The van der Waals surface area contributed by atoms with E-state index in [1.165, 1.54) is 0 Å². The van der Waals surface area contributed by atoms with Gasteiger partial charge in [0.2, 0.25) is 0 Å². The Morgan fingerprint density at radius 2 is 1.95 bits per heavy atom. The van der Waals surface area contributed by atoms with Crippen LogP contribution in [0.5, 0.6) is 0 Å². The molecule has 110 valence electrons.